The number of benzene rings is 2. The zero-order chi connectivity index (χ0) is 20.1. The van der Waals surface area contributed by atoms with Crippen LogP contribution in [0.5, 0.6) is 5.75 Å². The molecule has 0 bridgehead atoms. The number of carbonyl (C=O) groups is 1. The molecule has 1 aliphatic rings. The van der Waals surface area contributed by atoms with Crippen molar-refractivity contribution in [1.82, 2.24) is 4.90 Å². The lowest BCUT2D eigenvalue weighted by Crippen LogP contribution is -2.33. The van der Waals surface area contributed by atoms with Gasteiger partial charge in [0.1, 0.15) is 5.75 Å². The number of non-ortho nitro benzene ring substituents is 1. The summed E-state index contributed by atoms with van der Waals surface area (Å²) in [6.45, 7) is 1.77. The van der Waals surface area contributed by atoms with Crippen LogP contribution in [-0.4, -0.2) is 40.9 Å². The highest BCUT2D eigenvalue weighted by atomic mass is 32.2. The summed E-state index contributed by atoms with van der Waals surface area (Å²) in [5, 5.41) is 11.0. The third-order valence-electron chi connectivity index (χ3n) is 4.68. The molecule has 3 rings (SSSR count). The maximum Gasteiger partial charge on any atom is 0.269 e. The van der Waals surface area contributed by atoms with Crippen molar-refractivity contribution in [2.75, 3.05) is 25.2 Å². The van der Waals surface area contributed by atoms with Crippen LogP contribution >= 0.6 is 23.5 Å². The van der Waals surface area contributed by atoms with E-state index >= 15 is 0 Å². The van der Waals surface area contributed by atoms with Gasteiger partial charge in [-0.05, 0) is 18.6 Å². The molecule has 8 heteroatoms. The molecule has 0 spiro atoms. The first-order valence-electron chi connectivity index (χ1n) is 8.92. The Bertz CT molecular complexity index is 856. The molecule has 1 amide bonds. The normalized spacial score (nSPS) is 15.2. The van der Waals surface area contributed by atoms with E-state index in [0.29, 0.717) is 10.1 Å². The van der Waals surface area contributed by atoms with Gasteiger partial charge in [-0.1, -0.05) is 30.3 Å². The number of hydrogen-bond acceptors (Lipinski definition) is 6. The molecule has 6 nitrogen and oxygen atoms in total. The van der Waals surface area contributed by atoms with Crippen molar-refractivity contribution in [1.29, 1.82) is 0 Å². The van der Waals surface area contributed by atoms with E-state index in [1.165, 1.54) is 12.1 Å². The summed E-state index contributed by atoms with van der Waals surface area (Å²) in [5.41, 5.74) is 1.84. The van der Waals surface area contributed by atoms with Gasteiger partial charge in [-0.15, -0.1) is 23.5 Å². The highest BCUT2D eigenvalue weighted by Gasteiger charge is 2.23. The van der Waals surface area contributed by atoms with Gasteiger partial charge in [-0.2, -0.15) is 0 Å². The van der Waals surface area contributed by atoms with Gasteiger partial charge in [-0.25, -0.2) is 0 Å². The number of nitro groups is 1. The third-order valence-corrected chi connectivity index (χ3v) is 7.75. The van der Waals surface area contributed by atoms with Crippen LogP contribution in [-0.2, 0) is 4.79 Å². The number of thioether (sulfide) groups is 2. The number of rotatable bonds is 7. The van der Waals surface area contributed by atoms with E-state index in [9.17, 15) is 14.9 Å². The van der Waals surface area contributed by atoms with Gasteiger partial charge in [0.15, 0.2) is 6.61 Å². The molecule has 0 saturated carbocycles. The van der Waals surface area contributed by atoms with Gasteiger partial charge in [0.2, 0.25) is 0 Å². The fraction of sp³-hybridized carbons (Fsp3) is 0.350. The number of nitrogens with zero attached hydrogens (tertiary/aromatic N) is 2. The summed E-state index contributed by atoms with van der Waals surface area (Å²) >= 11 is 3.78. The number of para-hydroxylation sites is 1. The fourth-order valence-corrected chi connectivity index (χ4v) is 5.83. The van der Waals surface area contributed by atoms with E-state index < -0.39 is 4.92 Å². The molecular formula is C20H22N2O4S2. The molecule has 2 aromatic rings. The van der Waals surface area contributed by atoms with Gasteiger partial charge in [0, 0.05) is 36.2 Å². The van der Waals surface area contributed by atoms with E-state index in [0.717, 1.165) is 22.8 Å². The van der Waals surface area contributed by atoms with Crippen LogP contribution in [0, 0.1) is 10.1 Å². The van der Waals surface area contributed by atoms with Gasteiger partial charge in [0.05, 0.1) is 15.5 Å². The molecule has 1 aliphatic heterocycles. The zero-order valence-electron chi connectivity index (χ0n) is 15.7. The summed E-state index contributed by atoms with van der Waals surface area (Å²) in [6, 6.07) is 13.9. The topological polar surface area (TPSA) is 72.7 Å². The summed E-state index contributed by atoms with van der Waals surface area (Å²) in [7, 11) is 1.68. The fourth-order valence-electron chi connectivity index (χ4n) is 2.92. The van der Waals surface area contributed by atoms with Gasteiger partial charge in [-0.3, -0.25) is 14.9 Å². The Hall–Kier alpha value is -2.19. The van der Waals surface area contributed by atoms with Crippen molar-refractivity contribution in [2.24, 2.45) is 0 Å². The van der Waals surface area contributed by atoms with E-state index in [2.05, 4.69) is 0 Å². The van der Waals surface area contributed by atoms with Crippen molar-refractivity contribution in [3.8, 4) is 5.75 Å². The maximum absolute atomic E-state index is 12.6. The van der Waals surface area contributed by atoms with Crippen molar-refractivity contribution >= 4 is 35.1 Å². The highest BCUT2D eigenvalue weighted by Crippen LogP contribution is 2.48. The van der Waals surface area contributed by atoms with E-state index in [-0.39, 0.29) is 24.2 Å². The molecule has 1 fully saturated rings. The van der Waals surface area contributed by atoms with Crippen LogP contribution in [0.3, 0.4) is 0 Å². The molecule has 148 valence electrons. The molecule has 0 N–H and O–H groups in total. The first-order chi connectivity index (χ1) is 13.5. The standard InChI is InChI=1S/C20H22N2O4S2/c1-14(15-6-5-7-16(12-15)22(24)25)21(2)19(23)13-26-18-9-4-3-8-17(18)20-27-10-11-28-20/h3-9,12,14,20H,10-11,13H2,1-2H3/t14-/m1/s1. The van der Waals surface area contributed by atoms with E-state index in [1.807, 2.05) is 54.7 Å². The number of nitro benzene ring substituents is 1. The second-order valence-electron chi connectivity index (χ2n) is 6.43. The minimum Gasteiger partial charge on any atom is -0.483 e. The predicted molar refractivity (Wildman–Crippen MR) is 114 cm³/mol. The monoisotopic (exact) mass is 418 g/mol. The minimum atomic E-state index is -0.433. The van der Waals surface area contributed by atoms with Crippen LogP contribution in [0.15, 0.2) is 48.5 Å². The first kappa shape index (κ1) is 20.5. The van der Waals surface area contributed by atoms with Crippen molar-refractivity contribution < 1.29 is 14.5 Å². The Morgan fingerprint density at radius 1 is 1.25 bits per heavy atom. The Morgan fingerprint density at radius 3 is 2.68 bits per heavy atom. The molecule has 2 aromatic carbocycles. The lowest BCUT2D eigenvalue weighted by Gasteiger charge is -2.25. The largest absolute Gasteiger partial charge is 0.483 e. The second-order valence-corrected chi connectivity index (χ2v) is 9.16. The molecule has 0 aliphatic carbocycles. The number of amides is 1. The summed E-state index contributed by atoms with van der Waals surface area (Å²) in [5.74, 6) is 2.79. The average Bonchev–Trinajstić information content (AvgIpc) is 3.26. The first-order valence-corrected chi connectivity index (χ1v) is 11.0. The highest BCUT2D eigenvalue weighted by molar-refractivity contribution is 8.19. The molecular weight excluding hydrogens is 396 g/mol. The third kappa shape index (κ3) is 4.80. The SMILES string of the molecule is C[C@H](c1cccc([N+](=O)[O-])c1)N(C)C(=O)COc1ccccc1C1SCCS1. The summed E-state index contributed by atoms with van der Waals surface area (Å²) in [4.78, 5) is 24.7. The smallest absolute Gasteiger partial charge is 0.269 e. The maximum atomic E-state index is 12.6. The summed E-state index contributed by atoms with van der Waals surface area (Å²) in [6.07, 6.45) is 0. The van der Waals surface area contributed by atoms with Gasteiger partial charge < -0.3 is 9.64 Å². The molecule has 0 radical (unpaired) electrons. The van der Waals surface area contributed by atoms with Crippen LogP contribution in [0.2, 0.25) is 0 Å². The van der Waals surface area contributed by atoms with Crippen molar-refractivity contribution in [3.63, 3.8) is 0 Å². The van der Waals surface area contributed by atoms with Crippen LogP contribution in [0.1, 0.15) is 28.7 Å². The Balaban J connectivity index is 1.65. The average molecular weight is 419 g/mol. The molecule has 1 atom stereocenters. The molecule has 1 heterocycles. The van der Waals surface area contributed by atoms with Crippen LogP contribution in [0.25, 0.3) is 0 Å². The molecule has 28 heavy (non-hydrogen) atoms. The second kappa shape index (κ2) is 9.34. The molecule has 1 saturated heterocycles. The van der Waals surface area contributed by atoms with Crippen molar-refractivity contribution in [2.45, 2.75) is 17.5 Å². The van der Waals surface area contributed by atoms with Gasteiger partial charge in [0.25, 0.3) is 11.6 Å². The van der Waals surface area contributed by atoms with Crippen LogP contribution < -0.4 is 4.74 Å². The minimum absolute atomic E-state index is 0.0157. The summed E-state index contributed by atoms with van der Waals surface area (Å²) < 4.78 is 6.19. The van der Waals surface area contributed by atoms with Crippen molar-refractivity contribution in [3.05, 3.63) is 69.8 Å². The molecule has 0 unspecified atom stereocenters. The Morgan fingerprint density at radius 2 is 1.96 bits per heavy atom. The number of ether oxygens (including phenoxy) is 1. The van der Waals surface area contributed by atoms with Gasteiger partial charge >= 0.3 is 0 Å². The quantitative estimate of drug-likeness (QED) is 0.480. The Kier molecular flexibility index (Phi) is 6.85. The van der Waals surface area contributed by atoms with E-state index in [1.54, 1.807) is 24.1 Å². The number of likely N-dealkylation sites (N-methyl/N-ethyl adjacent to an activating group) is 1. The lowest BCUT2D eigenvalue weighted by molar-refractivity contribution is -0.384. The zero-order valence-corrected chi connectivity index (χ0v) is 17.4. The lowest BCUT2D eigenvalue weighted by atomic mass is 10.1. The molecule has 0 aromatic heterocycles. The van der Waals surface area contributed by atoms with E-state index in [4.69, 9.17) is 4.74 Å². The number of carbonyl (C=O) groups excluding carboxylic acids is 1. The predicted octanol–water partition coefficient (Wildman–Crippen LogP) is 4.67. The Labute approximate surface area is 172 Å². The van der Waals surface area contributed by atoms with Crippen LogP contribution in [0.4, 0.5) is 5.69 Å². The number of hydrogen-bond donors (Lipinski definition) is 0.